The quantitative estimate of drug-likeness (QED) is 0.733. The first-order valence-corrected chi connectivity index (χ1v) is 7.78. The van der Waals surface area contributed by atoms with Crippen LogP contribution in [0.4, 0.5) is 0 Å². The van der Waals surface area contributed by atoms with Crippen molar-refractivity contribution in [3.8, 4) is 5.75 Å². The standard InChI is InChI=1S/C17H18N4O2/c22-17-20-8-4-3-7-16(20)18-21(17)10-9-19-11-12-23-15-6-2-1-5-14(15)13-19/h1-8H,9-13H2. The predicted octanol–water partition coefficient (Wildman–Crippen LogP) is 1.39. The first-order valence-electron chi connectivity index (χ1n) is 7.78. The summed E-state index contributed by atoms with van der Waals surface area (Å²) in [6, 6.07) is 13.7. The minimum absolute atomic E-state index is 0.0907. The average Bonchev–Trinajstić information content (AvgIpc) is 2.77. The largest absolute Gasteiger partial charge is 0.492 e. The molecule has 1 aromatic carbocycles. The van der Waals surface area contributed by atoms with Gasteiger partial charge in [-0.05, 0) is 18.2 Å². The van der Waals surface area contributed by atoms with E-state index in [-0.39, 0.29) is 5.69 Å². The molecular weight excluding hydrogens is 292 g/mol. The molecule has 0 N–H and O–H groups in total. The van der Waals surface area contributed by atoms with E-state index in [1.165, 1.54) is 10.2 Å². The van der Waals surface area contributed by atoms with Crippen molar-refractivity contribution < 1.29 is 4.74 Å². The number of hydrogen-bond donors (Lipinski definition) is 0. The molecule has 0 aliphatic carbocycles. The molecule has 0 radical (unpaired) electrons. The second kappa shape index (κ2) is 5.89. The van der Waals surface area contributed by atoms with Crippen LogP contribution in [0.2, 0.25) is 0 Å². The van der Waals surface area contributed by atoms with Crippen LogP contribution in [0.3, 0.4) is 0 Å². The van der Waals surface area contributed by atoms with E-state index in [4.69, 9.17) is 4.74 Å². The van der Waals surface area contributed by atoms with E-state index in [0.717, 1.165) is 25.4 Å². The number of fused-ring (bicyclic) bond motifs is 2. The number of benzene rings is 1. The van der Waals surface area contributed by atoms with Crippen LogP contribution in [0.1, 0.15) is 5.56 Å². The zero-order chi connectivity index (χ0) is 15.6. The molecule has 0 saturated carbocycles. The average molecular weight is 310 g/mol. The molecule has 2 aromatic heterocycles. The summed E-state index contributed by atoms with van der Waals surface area (Å²) in [5, 5.41) is 4.37. The van der Waals surface area contributed by atoms with E-state index >= 15 is 0 Å². The number of nitrogens with zero attached hydrogens (tertiary/aromatic N) is 4. The summed E-state index contributed by atoms with van der Waals surface area (Å²) in [6.07, 6.45) is 1.75. The SMILES string of the molecule is O=c1n(CCN2CCOc3ccccc3C2)nc2ccccn12. The van der Waals surface area contributed by atoms with Crippen molar-refractivity contribution >= 4 is 5.65 Å². The Bertz CT molecular complexity index is 883. The van der Waals surface area contributed by atoms with Crippen molar-refractivity contribution in [2.45, 2.75) is 13.1 Å². The van der Waals surface area contributed by atoms with Crippen LogP contribution < -0.4 is 10.4 Å². The van der Waals surface area contributed by atoms with Gasteiger partial charge in [-0.1, -0.05) is 24.3 Å². The van der Waals surface area contributed by atoms with Gasteiger partial charge in [0.05, 0.1) is 6.54 Å². The van der Waals surface area contributed by atoms with Crippen LogP contribution in [0.25, 0.3) is 5.65 Å². The molecule has 23 heavy (non-hydrogen) atoms. The van der Waals surface area contributed by atoms with Gasteiger partial charge in [0, 0.05) is 31.4 Å². The first-order chi connectivity index (χ1) is 11.3. The molecule has 1 aliphatic heterocycles. The molecule has 0 unspecified atom stereocenters. The summed E-state index contributed by atoms with van der Waals surface area (Å²) in [7, 11) is 0. The van der Waals surface area contributed by atoms with Gasteiger partial charge >= 0.3 is 5.69 Å². The fourth-order valence-electron chi connectivity index (χ4n) is 2.92. The Morgan fingerprint density at radius 3 is 2.87 bits per heavy atom. The van der Waals surface area contributed by atoms with E-state index in [1.807, 2.05) is 36.4 Å². The molecule has 3 aromatic rings. The second-order valence-corrected chi connectivity index (χ2v) is 5.67. The predicted molar refractivity (Wildman–Crippen MR) is 86.7 cm³/mol. The molecule has 0 fully saturated rings. The van der Waals surface area contributed by atoms with Gasteiger partial charge in [-0.25, -0.2) is 9.48 Å². The van der Waals surface area contributed by atoms with Crippen LogP contribution in [0.5, 0.6) is 5.75 Å². The lowest BCUT2D eigenvalue weighted by atomic mass is 10.2. The number of pyridine rings is 1. The number of para-hydroxylation sites is 1. The lowest BCUT2D eigenvalue weighted by Crippen LogP contribution is -2.32. The molecule has 0 saturated heterocycles. The Balaban J connectivity index is 1.50. The number of ether oxygens (including phenoxy) is 1. The second-order valence-electron chi connectivity index (χ2n) is 5.67. The minimum atomic E-state index is -0.0907. The molecular formula is C17H18N4O2. The molecule has 118 valence electrons. The van der Waals surface area contributed by atoms with Gasteiger partial charge in [0.1, 0.15) is 12.4 Å². The van der Waals surface area contributed by atoms with Crippen LogP contribution >= 0.6 is 0 Å². The summed E-state index contributed by atoms with van der Waals surface area (Å²) in [6.45, 7) is 3.68. The highest BCUT2D eigenvalue weighted by molar-refractivity contribution is 5.35. The van der Waals surface area contributed by atoms with Crippen molar-refractivity contribution in [3.63, 3.8) is 0 Å². The van der Waals surface area contributed by atoms with Crippen LogP contribution in [-0.4, -0.2) is 38.8 Å². The summed E-state index contributed by atoms with van der Waals surface area (Å²) in [5.74, 6) is 0.958. The van der Waals surface area contributed by atoms with Crippen molar-refractivity contribution in [1.82, 2.24) is 19.1 Å². The number of hydrogen-bond acceptors (Lipinski definition) is 4. The maximum atomic E-state index is 12.3. The van der Waals surface area contributed by atoms with E-state index in [0.29, 0.717) is 18.8 Å². The maximum absolute atomic E-state index is 12.3. The summed E-state index contributed by atoms with van der Waals surface area (Å²) in [5.41, 5.74) is 1.78. The van der Waals surface area contributed by atoms with Gasteiger partial charge in [-0.2, -0.15) is 0 Å². The Kier molecular flexibility index (Phi) is 3.59. The lowest BCUT2D eigenvalue weighted by Gasteiger charge is -2.18. The van der Waals surface area contributed by atoms with Crippen LogP contribution in [0.15, 0.2) is 53.5 Å². The normalized spacial score (nSPS) is 15.1. The van der Waals surface area contributed by atoms with Gasteiger partial charge in [0.25, 0.3) is 0 Å². The van der Waals surface area contributed by atoms with Gasteiger partial charge in [-0.15, -0.1) is 5.10 Å². The maximum Gasteiger partial charge on any atom is 0.350 e. The van der Waals surface area contributed by atoms with Gasteiger partial charge in [0.2, 0.25) is 0 Å². The Labute approximate surface area is 133 Å². The van der Waals surface area contributed by atoms with Crippen LogP contribution in [-0.2, 0) is 13.1 Å². The topological polar surface area (TPSA) is 51.8 Å². The fourth-order valence-corrected chi connectivity index (χ4v) is 2.92. The third-order valence-electron chi connectivity index (χ3n) is 4.15. The minimum Gasteiger partial charge on any atom is -0.492 e. The van der Waals surface area contributed by atoms with E-state index in [2.05, 4.69) is 16.1 Å². The third-order valence-corrected chi connectivity index (χ3v) is 4.15. The molecule has 0 amide bonds. The molecule has 0 atom stereocenters. The zero-order valence-corrected chi connectivity index (χ0v) is 12.8. The molecule has 3 heterocycles. The summed E-state index contributed by atoms with van der Waals surface area (Å²) < 4.78 is 8.88. The fraction of sp³-hybridized carbons (Fsp3) is 0.294. The molecule has 1 aliphatic rings. The molecule has 0 bridgehead atoms. The molecule has 6 heteroatoms. The molecule has 6 nitrogen and oxygen atoms in total. The lowest BCUT2D eigenvalue weighted by molar-refractivity contribution is 0.216. The number of aromatic nitrogens is 3. The van der Waals surface area contributed by atoms with Crippen molar-refractivity contribution in [1.29, 1.82) is 0 Å². The van der Waals surface area contributed by atoms with E-state index < -0.39 is 0 Å². The summed E-state index contributed by atoms with van der Waals surface area (Å²) >= 11 is 0. The molecule has 4 rings (SSSR count). The van der Waals surface area contributed by atoms with Crippen LogP contribution in [0, 0.1) is 0 Å². The highest BCUT2D eigenvalue weighted by Gasteiger charge is 2.15. The van der Waals surface area contributed by atoms with E-state index in [1.54, 1.807) is 10.6 Å². The van der Waals surface area contributed by atoms with Gasteiger partial charge in [0.15, 0.2) is 5.65 Å². The number of rotatable bonds is 3. The third kappa shape index (κ3) is 2.73. The highest BCUT2D eigenvalue weighted by atomic mass is 16.5. The Hall–Kier alpha value is -2.60. The smallest absolute Gasteiger partial charge is 0.350 e. The Morgan fingerprint density at radius 1 is 1.09 bits per heavy atom. The zero-order valence-electron chi connectivity index (χ0n) is 12.8. The monoisotopic (exact) mass is 310 g/mol. The van der Waals surface area contributed by atoms with Crippen molar-refractivity contribution in [2.24, 2.45) is 0 Å². The Morgan fingerprint density at radius 2 is 1.96 bits per heavy atom. The first kappa shape index (κ1) is 14.0. The van der Waals surface area contributed by atoms with Crippen molar-refractivity contribution in [2.75, 3.05) is 19.7 Å². The molecule has 0 spiro atoms. The van der Waals surface area contributed by atoms with Gasteiger partial charge < -0.3 is 4.74 Å². The van der Waals surface area contributed by atoms with Gasteiger partial charge in [-0.3, -0.25) is 9.30 Å². The highest BCUT2D eigenvalue weighted by Crippen LogP contribution is 2.22. The summed E-state index contributed by atoms with van der Waals surface area (Å²) in [4.78, 5) is 14.6. The van der Waals surface area contributed by atoms with E-state index in [9.17, 15) is 4.79 Å². The van der Waals surface area contributed by atoms with Crippen molar-refractivity contribution in [3.05, 3.63) is 64.7 Å².